The highest BCUT2D eigenvalue weighted by molar-refractivity contribution is 6.42. The van der Waals surface area contributed by atoms with E-state index in [0.29, 0.717) is 16.3 Å². The van der Waals surface area contributed by atoms with Crippen molar-refractivity contribution in [3.05, 3.63) is 63.6 Å². The molecule has 0 unspecified atom stereocenters. The van der Waals surface area contributed by atoms with Crippen molar-refractivity contribution in [1.29, 1.82) is 0 Å². The Bertz CT molecular complexity index is 1000. The minimum Gasteiger partial charge on any atom is -0.489 e. The van der Waals surface area contributed by atoms with Gasteiger partial charge in [-0.25, -0.2) is 9.69 Å². The smallest absolute Gasteiger partial charge is 0.335 e. The summed E-state index contributed by atoms with van der Waals surface area (Å²) in [6, 6.07) is 10.4. The zero-order valence-electron chi connectivity index (χ0n) is 15.0. The van der Waals surface area contributed by atoms with Gasteiger partial charge in [-0.3, -0.25) is 14.9 Å². The minimum absolute atomic E-state index is 0.0532. The van der Waals surface area contributed by atoms with Gasteiger partial charge in [0.25, 0.3) is 11.8 Å². The molecule has 6 nitrogen and oxygen atoms in total. The normalized spacial score (nSPS) is 16.0. The molecule has 0 radical (unpaired) electrons. The number of carbonyl (C=O) groups excluding carboxylic acids is 3. The summed E-state index contributed by atoms with van der Waals surface area (Å²) >= 11 is 12.3. The predicted octanol–water partition coefficient (Wildman–Crippen LogP) is 4.45. The van der Waals surface area contributed by atoms with E-state index in [1.165, 1.54) is 12.1 Å². The highest BCUT2D eigenvalue weighted by Gasteiger charge is 2.37. The lowest BCUT2D eigenvalue weighted by Gasteiger charge is -2.27. The number of ether oxygens (including phenoxy) is 1. The molecule has 0 aliphatic carbocycles. The largest absolute Gasteiger partial charge is 0.489 e. The lowest BCUT2D eigenvalue weighted by molar-refractivity contribution is -0.122. The highest BCUT2D eigenvalue weighted by Crippen LogP contribution is 2.30. The Kier molecular flexibility index (Phi) is 5.72. The third kappa shape index (κ3) is 4.03. The van der Waals surface area contributed by atoms with E-state index >= 15 is 0 Å². The Balaban J connectivity index is 1.98. The van der Waals surface area contributed by atoms with Gasteiger partial charge < -0.3 is 4.74 Å². The second-order valence-electron chi connectivity index (χ2n) is 6.27. The molecule has 0 atom stereocenters. The van der Waals surface area contributed by atoms with Crippen LogP contribution in [0, 0.1) is 0 Å². The second kappa shape index (κ2) is 8.04. The predicted molar refractivity (Wildman–Crippen MR) is 108 cm³/mol. The van der Waals surface area contributed by atoms with Gasteiger partial charge in [0.2, 0.25) is 0 Å². The van der Waals surface area contributed by atoms with Crippen LogP contribution in [0.15, 0.2) is 48.0 Å². The summed E-state index contributed by atoms with van der Waals surface area (Å²) in [7, 11) is 0. The molecule has 0 aromatic heterocycles. The van der Waals surface area contributed by atoms with Crippen LogP contribution < -0.4 is 15.0 Å². The van der Waals surface area contributed by atoms with Gasteiger partial charge in [-0.05, 0) is 49.8 Å². The van der Waals surface area contributed by atoms with Gasteiger partial charge in [-0.15, -0.1) is 0 Å². The van der Waals surface area contributed by atoms with Crippen LogP contribution >= 0.6 is 23.2 Å². The van der Waals surface area contributed by atoms with E-state index in [-0.39, 0.29) is 22.4 Å². The fourth-order valence-corrected chi connectivity index (χ4v) is 3.09. The molecule has 1 N–H and O–H groups in total. The van der Waals surface area contributed by atoms with E-state index in [0.717, 1.165) is 4.90 Å². The number of benzene rings is 2. The molecule has 8 heteroatoms. The first-order valence-electron chi connectivity index (χ1n) is 8.40. The van der Waals surface area contributed by atoms with Gasteiger partial charge in [0.1, 0.15) is 11.3 Å². The van der Waals surface area contributed by atoms with Crippen molar-refractivity contribution in [3.8, 4) is 5.75 Å². The first-order chi connectivity index (χ1) is 13.3. The quantitative estimate of drug-likeness (QED) is 0.587. The number of nitrogens with zero attached hydrogens (tertiary/aromatic N) is 1. The van der Waals surface area contributed by atoms with Crippen LogP contribution in [-0.4, -0.2) is 23.9 Å². The van der Waals surface area contributed by atoms with E-state index < -0.39 is 17.8 Å². The van der Waals surface area contributed by atoms with Crippen LogP contribution in [0.3, 0.4) is 0 Å². The molecule has 1 aliphatic heterocycles. The summed E-state index contributed by atoms with van der Waals surface area (Å²) < 4.78 is 5.57. The Morgan fingerprint density at radius 1 is 1.04 bits per heavy atom. The molecule has 4 amide bonds. The first-order valence-corrected chi connectivity index (χ1v) is 9.15. The average Bonchev–Trinajstić information content (AvgIpc) is 2.62. The monoisotopic (exact) mass is 418 g/mol. The topological polar surface area (TPSA) is 75.7 Å². The van der Waals surface area contributed by atoms with Crippen molar-refractivity contribution in [2.45, 2.75) is 20.0 Å². The number of urea groups is 1. The van der Waals surface area contributed by atoms with Crippen LogP contribution in [0.5, 0.6) is 5.75 Å². The summed E-state index contributed by atoms with van der Waals surface area (Å²) in [5, 5.41) is 2.70. The highest BCUT2D eigenvalue weighted by atomic mass is 35.5. The molecular formula is C20H16Cl2N2O4. The van der Waals surface area contributed by atoms with Gasteiger partial charge >= 0.3 is 6.03 Å². The number of rotatable bonds is 4. The Hall–Kier alpha value is -2.83. The molecule has 1 aliphatic rings. The van der Waals surface area contributed by atoms with Crippen molar-refractivity contribution in [3.63, 3.8) is 0 Å². The number of imide groups is 2. The molecular weight excluding hydrogens is 403 g/mol. The number of amides is 4. The van der Waals surface area contributed by atoms with Gasteiger partial charge in [0.15, 0.2) is 0 Å². The zero-order chi connectivity index (χ0) is 20.4. The maximum absolute atomic E-state index is 12.9. The molecule has 1 fully saturated rings. The minimum atomic E-state index is -0.862. The Morgan fingerprint density at radius 2 is 1.75 bits per heavy atom. The molecule has 0 bridgehead atoms. The third-order valence-electron chi connectivity index (χ3n) is 3.82. The van der Waals surface area contributed by atoms with E-state index in [1.54, 1.807) is 36.4 Å². The number of barbiturate groups is 1. The van der Waals surface area contributed by atoms with E-state index in [9.17, 15) is 14.4 Å². The average molecular weight is 419 g/mol. The lowest BCUT2D eigenvalue weighted by atomic mass is 10.1. The van der Waals surface area contributed by atoms with Gasteiger partial charge in [0.05, 0.1) is 21.8 Å². The molecule has 144 valence electrons. The molecule has 0 spiro atoms. The van der Waals surface area contributed by atoms with Crippen molar-refractivity contribution in [1.82, 2.24) is 5.32 Å². The summed E-state index contributed by atoms with van der Waals surface area (Å²) in [6.45, 7) is 3.75. The zero-order valence-corrected chi connectivity index (χ0v) is 16.5. The summed E-state index contributed by atoms with van der Waals surface area (Å²) in [6.07, 6.45) is 1.31. The van der Waals surface area contributed by atoms with E-state index in [1.807, 2.05) is 13.8 Å². The van der Waals surface area contributed by atoms with Crippen molar-refractivity contribution >= 4 is 52.8 Å². The van der Waals surface area contributed by atoms with E-state index in [4.69, 9.17) is 27.9 Å². The van der Waals surface area contributed by atoms with Crippen LogP contribution in [0.4, 0.5) is 10.5 Å². The summed E-state index contributed by atoms with van der Waals surface area (Å²) in [4.78, 5) is 38.1. The number of anilines is 1. The number of halogens is 2. The molecule has 0 saturated carbocycles. The maximum Gasteiger partial charge on any atom is 0.335 e. The number of hydrogen-bond acceptors (Lipinski definition) is 4. The number of nitrogens with one attached hydrogen (secondary N) is 1. The third-order valence-corrected chi connectivity index (χ3v) is 4.44. The molecule has 3 rings (SSSR count). The number of carbonyl (C=O) groups is 3. The van der Waals surface area contributed by atoms with Crippen molar-refractivity contribution in [2.24, 2.45) is 0 Å². The van der Waals surface area contributed by atoms with Crippen LogP contribution in [0.2, 0.25) is 10.0 Å². The number of hydrogen-bond donors (Lipinski definition) is 1. The Morgan fingerprint density at radius 3 is 2.39 bits per heavy atom. The SMILES string of the molecule is CC(C)Oc1ccc(/C=C2\C(=O)NC(=O)N(c3ccccc3Cl)C2=O)cc1Cl. The standard InChI is InChI=1S/C20H16Cl2N2O4/c1-11(2)28-17-8-7-12(10-15(17)22)9-13-18(25)23-20(27)24(19(13)26)16-6-4-3-5-14(16)21/h3-11H,1-2H3,(H,23,25,27)/b13-9+. The first kappa shape index (κ1) is 19.9. The summed E-state index contributed by atoms with van der Waals surface area (Å²) in [5.41, 5.74) is 0.477. The van der Waals surface area contributed by atoms with E-state index in [2.05, 4.69) is 5.32 Å². The maximum atomic E-state index is 12.9. The van der Waals surface area contributed by atoms with Crippen LogP contribution in [0.25, 0.3) is 6.08 Å². The molecule has 1 saturated heterocycles. The van der Waals surface area contributed by atoms with Crippen LogP contribution in [0.1, 0.15) is 19.4 Å². The second-order valence-corrected chi connectivity index (χ2v) is 7.08. The van der Waals surface area contributed by atoms with Gasteiger partial charge in [-0.2, -0.15) is 0 Å². The fraction of sp³-hybridized carbons (Fsp3) is 0.150. The van der Waals surface area contributed by atoms with Crippen LogP contribution in [-0.2, 0) is 9.59 Å². The fourth-order valence-electron chi connectivity index (χ4n) is 2.63. The summed E-state index contributed by atoms with van der Waals surface area (Å²) in [5.74, 6) is -1.08. The molecule has 2 aromatic rings. The van der Waals surface area contributed by atoms with Gasteiger partial charge in [-0.1, -0.05) is 41.4 Å². The van der Waals surface area contributed by atoms with Crippen molar-refractivity contribution < 1.29 is 19.1 Å². The lowest BCUT2D eigenvalue weighted by Crippen LogP contribution is -2.54. The molecule has 28 heavy (non-hydrogen) atoms. The molecule has 1 heterocycles. The number of para-hydroxylation sites is 1. The molecule has 2 aromatic carbocycles. The Labute approximate surface area is 171 Å². The van der Waals surface area contributed by atoms with Gasteiger partial charge in [0, 0.05) is 0 Å². The van der Waals surface area contributed by atoms with Crippen molar-refractivity contribution in [2.75, 3.05) is 4.90 Å².